The van der Waals surface area contributed by atoms with Gasteiger partial charge in [-0.2, -0.15) is 0 Å². The number of benzene rings is 2. The zero-order valence-corrected chi connectivity index (χ0v) is 12.8. The third-order valence-corrected chi connectivity index (χ3v) is 4.97. The van der Waals surface area contributed by atoms with E-state index in [0.717, 1.165) is 4.31 Å². The Morgan fingerprint density at radius 2 is 1.86 bits per heavy atom. The third kappa shape index (κ3) is 3.03. The summed E-state index contributed by atoms with van der Waals surface area (Å²) in [7, 11) is -2.60. The molecule has 0 atom stereocenters. The van der Waals surface area contributed by atoms with Crippen LogP contribution in [0.1, 0.15) is 5.56 Å². The number of nitrogens with two attached hydrogens (primary N) is 1. The number of para-hydroxylation sites is 1. The van der Waals surface area contributed by atoms with Crippen molar-refractivity contribution in [2.45, 2.75) is 4.90 Å². The number of hydrogen-bond donors (Lipinski definition) is 1. The van der Waals surface area contributed by atoms with Gasteiger partial charge in [-0.15, -0.1) is 0 Å². The highest BCUT2D eigenvalue weighted by molar-refractivity contribution is 7.92. The fourth-order valence-electron chi connectivity index (χ4n) is 1.80. The molecule has 110 valence electrons. The second kappa shape index (κ2) is 5.79. The summed E-state index contributed by atoms with van der Waals surface area (Å²) in [5, 5.41) is 0. The summed E-state index contributed by atoms with van der Waals surface area (Å²) < 4.78 is 39.7. The highest BCUT2D eigenvalue weighted by Crippen LogP contribution is 2.24. The Morgan fingerprint density at radius 1 is 1.19 bits per heavy atom. The lowest BCUT2D eigenvalue weighted by Gasteiger charge is -2.20. The first-order valence-corrected chi connectivity index (χ1v) is 7.82. The van der Waals surface area contributed by atoms with Crippen LogP contribution in [0.25, 0.3) is 0 Å². The van der Waals surface area contributed by atoms with Crippen LogP contribution in [0.4, 0.5) is 10.1 Å². The molecule has 0 aromatic heterocycles. The van der Waals surface area contributed by atoms with E-state index in [9.17, 15) is 12.8 Å². The number of anilines is 1. The quantitative estimate of drug-likeness (QED) is 0.877. The number of thiocarbonyl (C=S) groups is 1. The van der Waals surface area contributed by atoms with Gasteiger partial charge < -0.3 is 5.73 Å². The molecule has 7 heteroatoms. The Labute approximate surface area is 128 Å². The van der Waals surface area contributed by atoms with E-state index in [2.05, 4.69) is 0 Å². The minimum absolute atomic E-state index is 0.00134. The topological polar surface area (TPSA) is 63.4 Å². The van der Waals surface area contributed by atoms with E-state index in [-0.39, 0.29) is 15.6 Å². The predicted molar refractivity (Wildman–Crippen MR) is 84.3 cm³/mol. The number of halogens is 1. The summed E-state index contributed by atoms with van der Waals surface area (Å²) >= 11 is 4.83. The molecule has 2 aromatic rings. The molecular weight excluding hydrogens is 311 g/mol. The zero-order chi connectivity index (χ0) is 15.6. The highest BCUT2D eigenvalue weighted by atomic mass is 32.2. The van der Waals surface area contributed by atoms with Gasteiger partial charge in [0, 0.05) is 12.6 Å². The smallest absolute Gasteiger partial charge is 0.264 e. The maximum atomic E-state index is 13.7. The largest absolute Gasteiger partial charge is 0.389 e. The summed E-state index contributed by atoms with van der Waals surface area (Å²) in [6.45, 7) is 0. The molecule has 4 nitrogen and oxygen atoms in total. The monoisotopic (exact) mass is 324 g/mol. The summed E-state index contributed by atoms with van der Waals surface area (Å²) in [5.41, 5.74) is 5.91. The van der Waals surface area contributed by atoms with Crippen LogP contribution in [0.15, 0.2) is 53.4 Å². The Hall–Kier alpha value is -1.99. The molecule has 0 saturated carbocycles. The van der Waals surface area contributed by atoms with E-state index < -0.39 is 15.8 Å². The van der Waals surface area contributed by atoms with Crippen LogP contribution in [0.5, 0.6) is 0 Å². The molecule has 0 aliphatic carbocycles. The van der Waals surface area contributed by atoms with Crippen LogP contribution >= 0.6 is 12.2 Å². The van der Waals surface area contributed by atoms with Crippen molar-refractivity contribution in [1.82, 2.24) is 0 Å². The second-order valence-corrected chi connectivity index (χ2v) is 6.73. The van der Waals surface area contributed by atoms with E-state index in [1.54, 1.807) is 12.1 Å². The normalized spacial score (nSPS) is 11.1. The van der Waals surface area contributed by atoms with E-state index in [1.807, 2.05) is 0 Å². The molecule has 21 heavy (non-hydrogen) atoms. The van der Waals surface area contributed by atoms with Crippen LogP contribution in [0, 0.1) is 5.82 Å². The lowest BCUT2D eigenvalue weighted by molar-refractivity contribution is 0.589. The van der Waals surface area contributed by atoms with Crippen LogP contribution in [-0.2, 0) is 10.0 Å². The van der Waals surface area contributed by atoms with Crippen molar-refractivity contribution in [3.05, 3.63) is 59.9 Å². The minimum Gasteiger partial charge on any atom is -0.389 e. The van der Waals surface area contributed by atoms with Gasteiger partial charge in [-0.3, -0.25) is 4.31 Å². The van der Waals surface area contributed by atoms with E-state index in [1.165, 1.54) is 43.4 Å². The Morgan fingerprint density at radius 3 is 2.48 bits per heavy atom. The fraction of sp³-hybridized carbons (Fsp3) is 0.0714. The highest BCUT2D eigenvalue weighted by Gasteiger charge is 2.23. The van der Waals surface area contributed by atoms with Crippen LogP contribution in [0.3, 0.4) is 0 Å². The van der Waals surface area contributed by atoms with Gasteiger partial charge in [0.25, 0.3) is 10.0 Å². The zero-order valence-electron chi connectivity index (χ0n) is 11.2. The van der Waals surface area contributed by atoms with E-state index in [4.69, 9.17) is 18.0 Å². The minimum atomic E-state index is -3.89. The average molecular weight is 324 g/mol. The Bertz CT molecular complexity index is 791. The number of nitrogens with zero attached hydrogens (tertiary/aromatic N) is 1. The molecule has 0 aliphatic heterocycles. The SMILES string of the molecule is CN(c1ccccc1F)S(=O)(=O)c1cccc(C(N)=S)c1. The van der Waals surface area contributed by atoms with Crippen molar-refractivity contribution in [2.75, 3.05) is 11.4 Å². The molecule has 0 fully saturated rings. The van der Waals surface area contributed by atoms with Crippen molar-refractivity contribution in [2.24, 2.45) is 5.73 Å². The molecule has 2 aromatic carbocycles. The number of hydrogen-bond acceptors (Lipinski definition) is 3. The van der Waals surface area contributed by atoms with E-state index >= 15 is 0 Å². The standard InChI is InChI=1S/C14H13FN2O2S2/c1-17(13-8-3-2-7-12(13)15)21(18,19)11-6-4-5-10(9-11)14(16)20/h2-9H,1H3,(H2,16,20). The lowest BCUT2D eigenvalue weighted by Crippen LogP contribution is -2.27. The van der Waals surface area contributed by atoms with Gasteiger partial charge in [0.2, 0.25) is 0 Å². The summed E-state index contributed by atoms with van der Waals surface area (Å²) in [5.74, 6) is -0.617. The first-order chi connectivity index (χ1) is 9.84. The van der Waals surface area contributed by atoms with Crippen LogP contribution in [-0.4, -0.2) is 20.5 Å². The first-order valence-electron chi connectivity index (χ1n) is 5.97. The van der Waals surface area contributed by atoms with Crippen molar-refractivity contribution >= 4 is 32.9 Å². The van der Waals surface area contributed by atoms with Crippen molar-refractivity contribution in [3.63, 3.8) is 0 Å². The number of sulfonamides is 1. The van der Waals surface area contributed by atoms with Gasteiger partial charge in [-0.25, -0.2) is 12.8 Å². The third-order valence-electron chi connectivity index (χ3n) is 2.97. The maximum absolute atomic E-state index is 13.7. The molecule has 0 unspecified atom stereocenters. The van der Waals surface area contributed by atoms with Gasteiger partial charge in [0.15, 0.2) is 0 Å². The predicted octanol–water partition coefficient (Wildman–Crippen LogP) is 2.29. The van der Waals surface area contributed by atoms with Gasteiger partial charge in [-0.1, -0.05) is 36.5 Å². The second-order valence-electron chi connectivity index (χ2n) is 4.32. The summed E-state index contributed by atoms with van der Waals surface area (Å²) in [6.07, 6.45) is 0. The Balaban J connectivity index is 2.50. The van der Waals surface area contributed by atoms with Crippen LogP contribution in [0.2, 0.25) is 0 Å². The molecule has 0 aliphatic rings. The van der Waals surface area contributed by atoms with E-state index in [0.29, 0.717) is 5.56 Å². The van der Waals surface area contributed by atoms with Gasteiger partial charge in [-0.05, 0) is 24.3 Å². The van der Waals surface area contributed by atoms with Gasteiger partial charge in [0.1, 0.15) is 10.8 Å². The first kappa shape index (κ1) is 15.4. The molecule has 2 N–H and O–H groups in total. The molecular formula is C14H13FN2O2S2. The fourth-order valence-corrected chi connectivity index (χ4v) is 3.18. The molecule has 0 radical (unpaired) electrons. The lowest BCUT2D eigenvalue weighted by atomic mass is 10.2. The molecule has 2 rings (SSSR count). The number of rotatable bonds is 4. The van der Waals surface area contributed by atoms with Gasteiger partial charge in [0.05, 0.1) is 10.6 Å². The molecule has 0 spiro atoms. The van der Waals surface area contributed by atoms with Crippen LogP contribution < -0.4 is 10.0 Å². The maximum Gasteiger partial charge on any atom is 0.264 e. The van der Waals surface area contributed by atoms with Crippen molar-refractivity contribution in [1.29, 1.82) is 0 Å². The molecule has 0 saturated heterocycles. The summed E-state index contributed by atoms with van der Waals surface area (Å²) in [6, 6.07) is 11.6. The average Bonchev–Trinajstić information content (AvgIpc) is 2.47. The van der Waals surface area contributed by atoms with Crippen molar-refractivity contribution < 1.29 is 12.8 Å². The molecule has 0 amide bonds. The Kier molecular flexibility index (Phi) is 4.24. The molecule has 0 heterocycles. The van der Waals surface area contributed by atoms with Gasteiger partial charge >= 0.3 is 0 Å². The van der Waals surface area contributed by atoms with Crippen molar-refractivity contribution in [3.8, 4) is 0 Å². The molecule has 0 bridgehead atoms. The summed E-state index contributed by atoms with van der Waals surface area (Å²) in [4.78, 5) is 0.0964.